The van der Waals surface area contributed by atoms with Gasteiger partial charge in [0.05, 0.1) is 0 Å². The molecule has 17 heavy (non-hydrogen) atoms. The van der Waals surface area contributed by atoms with Gasteiger partial charge in [-0.1, -0.05) is 30.5 Å². The van der Waals surface area contributed by atoms with Crippen molar-refractivity contribution in [1.82, 2.24) is 0 Å². The molecular formula is C11H11F2NO2S. The Morgan fingerprint density at radius 2 is 2.12 bits per heavy atom. The summed E-state index contributed by atoms with van der Waals surface area (Å²) in [6, 6.07) is 6.48. The third-order valence-electron chi connectivity index (χ3n) is 1.90. The van der Waals surface area contributed by atoms with Crippen molar-refractivity contribution in [2.24, 2.45) is 0 Å². The summed E-state index contributed by atoms with van der Waals surface area (Å²) in [4.78, 5) is 10.9. The van der Waals surface area contributed by atoms with Crippen LogP contribution in [-0.2, 0) is 4.79 Å². The van der Waals surface area contributed by atoms with Gasteiger partial charge in [-0.2, -0.15) is 8.78 Å². The first-order valence-electron chi connectivity index (χ1n) is 4.69. The maximum Gasteiger partial charge on any atom is 0.332 e. The minimum Gasteiger partial charge on any atom is -0.478 e. The number of benzene rings is 1. The van der Waals surface area contributed by atoms with Crippen LogP contribution in [0.15, 0.2) is 41.3 Å². The molecule has 0 fully saturated rings. The Hall–Kier alpha value is -1.56. The number of thioether (sulfide) groups is 1. The number of para-hydroxylation sites is 1. The Morgan fingerprint density at radius 3 is 2.71 bits per heavy atom. The van der Waals surface area contributed by atoms with E-state index in [1.807, 2.05) is 0 Å². The summed E-state index contributed by atoms with van der Waals surface area (Å²) in [6.07, 6.45) is 0. The molecule has 0 unspecified atom stereocenters. The monoisotopic (exact) mass is 259 g/mol. The van der Waals surface area contributed by atoms with Crippen LogP contribution in [0.2, 0.25) is 0 Å². The molecule has 6 heteroatoms. The van der Waals surface area contributed by atoms with Gasteiger partial charge in [0.1, 0.15) is 0 Å². The Labute approximate surface area is 102 Å². The fourth-order valence-corrected chi connectivity index (χ4v) is 1.71. The van der Waals surface area contributed by atoms with Crippen LogP contribution < -0.4 is 5.32 Å². The van der Waals surface area contributed by atoms with Crippen LogP contribution in [-0.4, -0.2) is 23.4 Å². The summed E-state index contributed by atoms with van der Waals surface area (Å²) < 4.78 is 24.5. The molecule has 1 aromatic rings. The van der Waals surface area contributed by atoms with E-state index < -0.39 is 11.7 Å². The molecule has 0 aliphatic heterocycles. The Bertz CT molecular complexity index is 424. The fraction of sp³-hybridized carbons (Fsp3) is 0.182. The first kappa shape index (κ1) is 13.5. The number of halogens is 2. The van der Waals surface area contributed by atoms with Gasteiger partial charge in [0.25, 0.3) is 5.76 Å². The van der Waals surface area contributed by atoms with Crippen molar-refractivity contribution in [3.05, 3.63) is 36.4 Å². The van der Waals surface area contributed by atoms with Crippen LogP contribution in [0.25, 0.3) is 0 Å². The van der Waals surface area contributed by atoms with Gasteiger partial charge in [-0.15, -0.1) is 0 Å². The number of alkyl halides is 2. The maximum absolute atomic E-state index is 12.3. The van der Waals surface area contributed by atoms with Crippen LogP contribution in [0.5, 0.6) is 0 Å². The van der Waals surface area contributed by atoms with Crippen molar-refractivity contribution in [1.29, 1.82) is 0 Å². The zero-order chi connectivity index (χ0) is 12.8. The highest BCUT2D eigenvalue weighted by Crippen LogP contribution is 2.31. The molecule has 0 spiro atoms. The second-order valence-electron chi connectivity index (χ2n) is 3.14. The number of anilines is 1. The molecule has 0 saturated carbocycles. The lowest BCUT2D eigenvalue weighted by molar-refractivity contribution is -0.132. The van der Waals surface area contributed by atoms with Gasteiger partial charge >= 0.3 is 5.97 Å². The normalized spacial score (nSPS) is 10.3. The molecular weight excluding hydrogens is 248 g/mol. The van der Waals surface area contributed by atoms with Gasteiger partial charge in [-0.25, -0.2) is 4.79 Å². The molecule has 0 heterocycles. The molecule has 0 radical (unpaired) electrons. The van der Waals surface area contributed by atoms with Crippen molar-refractivity contribution < 1.29 is 18.7 Å². The molecule has 0 bridgehead atoms. The van der Waals surface area contributed by atoms with E-state index in [9.17, 15) is 13.6 Å². The molecule has 3 nitrogen and oxygen atoms in total. The zero-order valence-electron chi connectivity index (χ0n) is 8.82. The zero-order valence-corrected chi connectivity index (χ0v) is 9.64. The van der Waals surface area contributed by atoms with E-state index in [0.717, 1.165) is 0 Å². The summed E-state index contributed by atoms with van der Waals surface area (Å²) in [5, 5.41) is 11.4. The molecule has 2 N–H and O–H groups in total. The summed E-state index contributed by atoms with van der Waals surface area (Å²) in [6.45, 7) is 3.35. The Balaban J connectivity index is 2.70. The number of aliphatic carboxylic acids is 1. The Morgan fingerprint density at radius 1 is 1.47 bits per heavy atom. The number of carbonyl (C=O) groups is 1. The average Bonchev–Trinajstić information content (AvgIpc) is 2.26. The third kappa shape index (κ3) is 4.44. The minimum atomic E-state index is -2.51. The van der Waals surface area contributed by atoms with Gasteiger partial charge in [-0.05, 0) is 12.1 Å². The molecule has 1 rings (SSSR count). The van der Waals surface area contributed by atoms with Crippen LogP contribution in [0.3, 0.4) is 0 Å². The highest BCUT2D eigenvalue weighted by molar-refractivity contribution is 7.99. The minimum absolute atomic E-state index is 0.0101. The second-order valence-corrected chi connectivity index (χ2v) is 4.17. The van der Waals surface area contributed by atoms with Crippen LogP contribution in [0.1, 0.15) is 0 Å². The van der Waals surface area contributed by atoms with Crippen LogP contribution in [0.4, 0.5) is 14.5 Å². The molecule has 0 aromatic heterocycles. The van der Waals surface area contributed by atoms with Crippen molar-refractivity contribution in [3.8, 4) is 0 Å². The molecule has 0 aliphatic carbocycles. The van der Waals surface area contributed by atoms with Crippen molar-refractivity contribution in [3.63, 3.8) is 0 Å². The summed E-state index contributed by atoms with van der Waals surface area (Å²) >= 11 is 0.412. The van der Waals surface area contributed by atoms with E-state index in [1.54, 1.807) is 24.3 Å². The number of nitrogens with one attached hydrogen (secondary N) is 1. The smallest absolute Gasteiger partial charge is 0.332 e. The van der Waals surface area contributed by atoms with E-state index in [4.69, 9.17) is 5.11 Å². The number of carboxylic acid groups (broad SMARTS) is 1. The standard InChI is InChI=1S/C11H11F2NO2S/c1-7(10(15)16)6-14-8-4-2-3-5-9(8)17-11(12)13/h2-5,11,14H,1,6H2,(H,15,16). The van der Waals surface area contributed by atoms with Gasteiger partial charge in [0.15, 0.2) is 0 Å². The van der Waals surface area contributed by atoms with Crippen molar-refractivity contribution >= 4 is 23.4 Å². The van der Waals surface area contributed by atoms with E-state index >= 15 is 0 Å². The lowest BCUT2D eigenvalue weighted by Gasteiger charge is -2.10. The Kier molecular flexibility index (Phi) is 4.96. The van der Waals surface area contributed by atoms with Crippen molar-refractivity contribution in [2.75, 3.05) is 11.9 Å². The summed E-state index contributed by atoms with van der Waals surface area (Å²) in [5.74, 6) is -3.63. The first-order valence-corrected chi connectivity index (χ1v) is 5.57. The number of hydrogen-bond donors (Lipinski definition) is 2. The average molecular weight is 259 g/mol. The van der Waals surface area contributed by atoms with E-state index in [1.165, 1.54) is 0 Å². The maximum atomic E-state index is 12.3. The molecule has 0 saturated heterocycles. The largest absolute Gasteiger partial charge is 0.478 e. The lowest BCUT2D eigenvalue weighted by Crippen LogP contribution is -2.11. The molecule has 0 aliphatic rings. The fourth-order valence-electron chi connectivity index (χ4n) is 1.09. The third-order valence-corrected chi connectivity index (χ3v) is 2.69. The molecule has 1 aromatic carbocycles. The van der Waals surface area contributed by atoms with Gasteiger partial charge < -0.3 is 10.4 Å². The second kappa shape index (κ2) is 6.24. The van der Waals surface area contributed by atoms with Crippen LogP contribution in [0, 0.1) is 0 Å². The number of carboxylic acids is 1. The lowest BCUT2D eigenvalue weighted by atomic mass is 10.2. The van der Waals surface area contributed by atoms with Gasteiger partial charge in [0, 0.05) is 22.7 Å². The van der Waals surface area contributed by atoms with Gasteiger partial charge in [0.2, 0.25) is 0 Å². The number of rotatable bonds is 6. The van der Waals surface area contributed by atoms with Crippen LogP contribution >= 0.6 is 11.8 Å². The van der Waals surface area contributed by atoms with E-state index in [0.29, 0.717) is 22.3 Å². The van der Waals surface area contributed by atoms with E-state index in [2.05, 4.69) is 11.9 Å². The SMILES string of the molecule is C=C(CNc1ccccc1SC(F)F)C(=O)O. The number of hydrogen-bond acceptors (Lipinski definition) is 3. The van der Waals surface area contributed by atoms with Gasteiger partial charge in [-0.3, -0.25) is 0 Å². The summed E-state index contributed by atoms with van der Waals surface area (Å²) in [5.41, 5.74) is 0.446. The highest BCUT2D eigenvalue weighted by Gasteiger charge is 2.10. The summed E-state index contributed by atoms with van der Waals surface area (Å²) in [7, 11) is 0. The van der Waals surface area contributed by atoms with E-state index in [-0.39, 0.29) is 12.1 Å². The predicted octanol–water partition coefficient (Wildman–Crippen LogP) is 3.05. The quantitative estimate of drug-likeness (QED) is 0.609. The van der Waals surface area contributed by atoms with Crippen molar-refractivity contribution in [2.45, 2.75) is 10.7 Å². The topological polar surface area (TPSA) is 49.3 Å². The molecule has 0 amide bonds. The first-order chi connectivity index (χ1) is 8.00. The molecule has 92 valence electrons. The highest BCUT2D eigenvalue weighted by atomic mass is 32.2. The molecule has 0 atom stereocenters. The predicted molar refractivity (Wildman–Crippen MR) is 63.6 cm³/mol.